The second-order valence-corrected chi connectivity index (χ2v) is 5.81. The Morgan fingerprint density at radius 1 is 0.700 bits per heavy atom. The zero-order valence-electron chi connectivity index (χ0n) is 14.0. The van der Waals surface area contributed by atoms with Crippen LogP contribution in [0.25, 0.3) is 0 Å². The zero-order chi connectivity index (χ0) is 24.8. The number of aliphatic carboxylic acids is 1. The highest BCUT2D eigenvalue weighted by atomic mass is 19.4. The molecule has 0 spiro atoms. The monoisotopic (exact) mass is 482 g/mol. The van der Waals surface area contributed by atoms with Crippen molar-refractivity contribution in [2.45, 2.75) is 61.5 Å². The van der Waals surface area contributed by atoms with Gasteiger partial charge in [-0.15, -0.1) is 0 Å². The molecule has 0 aromatic heterocycles. The van der Waals surface area contributed by atoms with E-state index in [9.17, 15) is 70.7 Å². The Morgan fingerprint density at radius 2 is 1.07 bits per heavy atom. The van der Waals surface area contributed by atoms with Gasteiger partial charge in [0, 0.05) is 12.0 Å². The van der Waals surface area contributed by atoms with Gasteiger partial charge in [0.05, 0.1) is 0 Å². The molecular formula is C13H9F15O2. The summed E-state index contributed by atoms with van der Waals surface area (Å²) in [5.41, 5.74) is -9.15. The number of allylic oxidation sites excluding steroid dienone is 1. The molecule has 0 aromatic carbocycles. The minimum absolute atomic E-state index is 0.202. The summed E-state index contributed by atoms with van der Waals surface area (Å²) in [5.74, 6) is -32.5. The molecule has 0 fully saturated rings. The molecule has 17 heteroatoms. The van der Waals surface area contributed by atoms with E-state index in [1.54, 1.807) is 0 Å². The topological polar surface area (TPSA) is 37.3 Å². The second kappa shape index (κ2) is 7.69. The summed E-state index contributed by atoms with van der Waals surface area (Å²) in [6.45, 7) is 0.686. The highest BCUT2D eigenvalue weighted by Gasteiger charge is 2.95. The summed E-state index contributed by atoms with van der Waals surface area (Å²) >= 11 is 0. The third kappa shape index (κ3) is 4.15. The van der Waals surface area contributed by atoms with E-state index in [-0.39, 0.29) is 6.08 Å². The van der Waals surface area contributed by atoms with Gasteiger partial charge in [0.25, 0.3) is 0 Å². The van der Waals surface area contributed by atoms with Crippen LogP contribution in [0.15, 0.2) is 11.6 Å². The van der Waals surface area contributed by atoms with Crippen LogP contribution >= 0.6 is 0 Å². The normalized spacial score (nSPS) is 16.1. The van der Waals surface area contributed by atoms with Crippen LogP contribution in [0.4, 0.5) is 65.9 Å². The van der Waals surface area contributed by atoms with Gasteiger partial charge in [0.2, 0.25) is 0 Å². The van der Waals surface area contributed by atoms with Crippen LogP contribution in [-0.4, -0.2) is 52.8 Å². The van der Waals surface area contributed by atoms with Crippen LogP contribution in [0.3, 0.4) is 0 Å². The Bertz CT molecular complexity index is 657. The van der Waals surface area contributed by atoms with Gasteiger partial charge >= 0.3 is 47.7 Å². The van der Waals surface area contributed by atoms with Crippen molar-refractivity contribution in [1.82, 2.24) is 0 Å². The highest BCUT2D eigenvalue weighted by Crippen LogP contribution is 2.64. The Morgan fingerprint density at radius 3 is 1.37 bits per heavy atom. The van der Waals surface area contributed by atoms with E-state index in [0.29, 0.717) is 6.92 Å². The zero-order valence-corrected chi connectivity index (χ0v) is 14.0. The third-order valence-electron chi connectivity index (χ3n) is 3.71. The molecule has 178 valence electrons. The highest BCUT2D eigenvalue weighted by molar-refractivity contribution is 5.85. The van der Waals surface area contributed by atoms with Crippen molar-refractivity contribution in [3.63, 3.8) is 0 Å². The number of hydrogen-bond acceptors (Lipinski definition) is 1. The van der Waals surface area contributed by atoms with Crippen molar-refractivity contribution in [1.29, 1.82) is 0 Å². The molecule has 0 saturated heterocycles. The third-order valence-corrected chi connectivity index (χ3v) is 3.71. The van der Waals surface area contributed by atoms with Crippen molar-refractivity contribution in [2.24, 2.45) is 0 Å². The summed E-state index contributed by atoms with van der Waals surface area (Å²) < 4.78 is 194. The average molecular weight is 482 g/mol. The Balaban J connectivity index is 6.40. The number of rotatable bonds is 8. The minimum Gasteiger partial charge on any atom is -0.478 e. The lowest BCUT2D eigenvalue weighted by Gasteiger charge is -2.43. The van der Waals surface area contributed by atoms with E-state index < -0.39 is 66.1 Å². The van der Waals surface area contributed by atoms with Gasteiger partial charge < -0.3 is 5.11 Å². The second-order valence-electron chi connectivity index (χ2n) is 5.81. The summed E-state index contributed by atoms with van der Waals surface area (Å²) in [6, 6.07) is 0. The first-order chi connectivity index (χ1) is 12.8. The quantitative estimate of drug-likeness (QED) is 0.332. The SMILES string of the molecule is C/C(=C\CCC(F)(F)C(F)(F)C(F)(F)C(F)(F)C(F)(C(F)(F)F)C(F)(F)F)C(=O)O. The fraction of sp³-hybridized carbons (Fsp3) is 0.769. The summed E-state index contributed by atoms with van der Waals surface area (Å²) in [6.07, 6.45) is -19.9. The molecule has 30 heavy (non-hydrogen) atoms. The smallest absolute Gasteiger partial charge is 0.438 e. The lowest BCUT2D eigenvalue weighted by atomic mass is 9.85. The maximum Gasteiger partial charge on any atom is 0.438 e. The van der Waals surface area contributed by atoms with E-state index in [1.807, 2.05) is 0 Å². The molecule has 0 saturated carbocycles. The fourth-order valence-electron chi connectivity index (χ4n) is 1.87. The largest absolute Gasteiger partial charge is 0.478 e. The summed E-state index contributed by atoms with van der Waals surface area (Å²) in [7, 11) is 0. The number of halogens is 15. The number of carboxylic acid groups (broad SMARTS) is 1. The minimum atomic E-state index is -8.45. The van der Waals surface area contributed by atoms with Gasteiger partial charge in [-0.05, 0) is 13.3 Å². The molecule has 0 atom stereocenters. The van der Waals surface area contributed by atoms with Crippen molar-refractivity contribution in [3.05, 3.63) is 11.6 Å². The van der Waals surface area contributed by atoms with Crippen LogP contribution < -0.4 is 0 Å². The van der Waals surface area contributed by atoms with Gasteiger partial charge in [-0.25, -0.2) is 9.18 Å². The Kier molecular flexibility index (Phi) is 7.22. The van der Waals surface area contributed by atoms with Crippen LogP contribution in [0.2, 0.25) is 0 Å². The first-order valence-corrected chi connectivity index (χ1v) is 7.06. The van der Waals surface area contributed by atoms with Gasteiger partial charge in [-0.2, -0.15) is 61.5 Å². The lowest BCUT2D eigenvalue weighted by molar-refractivity contribution is -0.457. The summed E-state index contributed by atoms with van der Waals surface area (Å²) in [4.78, 5) is 10.4. The van der Waals surface area contributed by atoms with E-state index in [0.717, 1.165) is 0 Å². The van der Waals surface area contributed by atoms with Crippen molar-refractivity contribution in [2.75, 3.05) is 0 Å². The predicted molar refractivity (Wildman–Crippen MR) is 66.4 cm³/mol. The molecule has 0 unspecified atom stereocenters. The summed E-state index contributed by atoms with van der Waals surface area (Å²) in [5, 5.41) is 8.37. The first kappa shape index (κ1) is 28.2. The van der Waals surface area contributed by atoms with Gasteiger partial charge in [0.15, 0.2) is 0 Å². The molecule has 0 aliphatic carbocycles. The van der Waals surface area contributed by atoms with Crippen LogP contribution in [-0.2, 0) is 4.79 Å². The van der Waals surface area contributed by atoms with Gasteiger partial charge in [0.1, 0.15) is 0 Å². The standard InChI is InChI=1S/C13H9F15O2/c1-5(6(29)30)3-2-4-7(14,15)9(17,18)11(21,22)10(19,20)8(16,12(23,24)25)13(26,27)28/h3H,2,4H2,1H3,(H,29,30)/b5-3+. The molecular weight excluding hydrogens is 473 g/mol. The molecule has 0 aromatic rings. The molecule has 0 amide bonds. The van der Waals surface area contributed by atoms with Crippen LogP contribution in [0, 0.1) is 0 Å². The first-order valence-electron chi connectivity index (χ1n) is 7.06. The molecule has 1 N–H and O–H groups in total. The molecule has 0 bridgehead atoms. The van der Waals surface area contributed by atoms with Gasteiger partial charge in [-0.1, -0.05) is 6.08 Å². The van der Waals surface area contributed by atoms with Crippen molar-refractivity contribution >= 4 is 5.97 Å². The number of carboxylic acids is 1. The molecule has 0 rings (SSSR count). The molecule has 0 heterocycles. The maximum atomic E-state index is 13.4. The average Bonchev–Trinajstić information content (AvgIpc) is 2.50. The van der Waals surface area contributed by atoms with Crippen molar-refractivity contribution < 1.29 is 75.8 Å². The van der Waals surface area contributed by atoms with Crippen LogP contribution in [0.5, 0.6) is 0 Å². The van der Waals surface area contributed by atoms with E-state index in [1.165, 1.54) is 0 Å². The predicted octanol–water partition coefficient (Wildman–Crippen LogP) is 6.17. The fourth-order valence-corrected chi connectivity index (χ4v) is 1.87. The number of alkyl halides is 15. The Labute approximate surface area is 156 Å². The maximum absolute atomic E-state index is 13.4. The van der Waals surface area contributed by atoms with E-state index in [2.05, 4.69) is 0 Å². The van der Waals surface area contributed by atoms with E-state index >= 15 is 0 Å². The van der Waals surface area contributed by atoms with Crippen molar-refractivity contribution in [3.8, 4) is 0 Å². The van der Waals surface area contributed by atoms with Gasteiger partial charge in [-0.3, -0.25) is 0 Å². The van der Waals surface area contributed by atoms with E-state index in [4.69, 9.17) is 5.11 Å². The number of carbonyl (C=O) groups is 1. The molecule has 0 aliphatic rings. The van der Waals surface area contributed by atoms with Crippen LogP contribution in [0.1, 0.15) is 19.8 Å². The molecule has 2 nitrogen and oxygen atoms in total. The Hall–Kier alpha value is -1.84. The lowest BCUT2D eigenvalue weighted by Crippen LogP contribution is -2.75. The molecule has 0 aliphatic heterocycles. The number of hydrogen-bond donors (Lipinski definition) is 1. The molecule has 0 radical (unpaired) electrons.